The molecule has 3 rings (SSSR count). The van der Waals surface area contributed by atoms with Crippen molar-refractivity contribution in [2.75, 3.05) is 13.2 Å². The van der Waals surface area contributed by atoms with E-state index < -0.39 is 0 Å². The molecule has 2 nitrogen and oxygen atoms in total. The quantitative estimate of drug-likeness (QED) is 0.848. The Balaban J connectivity index is 1.77. The maximum Gasteiger partial charge on any atom is 0.0846 e. The van der Waals surface area contributed by atoms with Crippen LogP contribution < -0.4 is 5.32 Å². The summed E-state index contributed by atoms with van der Waals surface area (Å²) < 4.78 is 6.08. The second-order valence-corrected chi connectivity index (χ2v) is 6.55. The topological polar surface area (TPSA) is 21.3 Å². The minimum Gasteiger partial charge on any atom is -0.373 e. The van der Waals surface area contributed by atoms with Crippen LogP contribution in [-0.2, 0) is 11.2 Å². The van der Waals surface area contributed by atoms with Crippen LogP contribution >= 0.6 is 11.3 Å². The number of thiophene rings is 1. The Morgan fingerprint density at radius 3 is 3.00 bits per heavy atom. The highest BCUT2D eigenvalue weighted by Gasteiger charge is 2.25. The number of hydrogen-bond acceptors (Lipinski definition) is 3. The second kappa shape index (κ2) is 7.21. The van der Waals surface area contributed by atoms with Gasteiger partial charge < -0.3 is 10.1 Å². The van der Waals surface area contributed by atoms with Crippen molar-refractivity contribution < 1.29 is 4.74 Å². The zero-order valence-electron chi connectivity index (χ0n) is 12.5. The first kappa shape index (κ1) is 14.8. The van der Waals surface area contributed by atoms with Gasteiger partial charge >= 0.3 is 0 Å². The molecule has 2 heterocycles. The van der Waals surface area contributed by atoms with Gasteiger partial charge in [0.25, 0.3) is 0 Å². The molecule has 0 fully saturated rings. The molecule has 1 aromatic carbocycles. The van der Waals surface area contributed by atoms with E-state index in [-0.39, 0.29) is 6.10 Å². The number of benzene rings is 1. The average molecular weight is 301 g/mol. The lowest BCUT2D eigenvalue weighted by atomic mass is 9.93. The van der Waals surface area contributed by atoms with E-state index in [1.807, 2.05) is 11.3 Å². The first-order valence-corrected chi connectivity index (χ1v) is 8.72. The van der Waals surface area contributed by atoms with Gasteiger partial charge in [-0.3, -0.25) is 0 Å². The lowest BCUT2D eigenvalue weighted by Gasteiger charge is -2.29. The molecular formula is C18H23NOS. The Bertz CT molecular complexity index is 552. The van der Waals surface area contributed by atoms with Crippen molar-refractivity contribution in [1.82, 2.24) is 5.32 Å². The van der Waals surface area contributed by atoms with Crippen molar-refractivity contribution in [2.45, 2.75) is 38.3 Å². The van der Waals surface area contributed by atoms with E-state index in [0.29, 0.717) is 6.04 Å². The van der Waals surface area contributed by atoms with Gasteiger partial charge in [0.2, 0.25) is 0 Å². The van der Waals surface area contributed by atoms with Crippen molar-refractivity contribution >= 4 is 11.3 Å². The molecule has 2 unspecified atom stereocenters. The zero-order chi connectivity index (χ0) is 14.5. The van der Waals surface area contributed by atoms with E-state index in [0.717, 1.165) is 32.4 Å². The fourth-order valence-electron chi connectivity index (χ4n) is 2.99. The van der Waals surface area contributed by atoms with Crippen LogP contribution in [0.15, 0.2) is 41.8 Å². The molecule has 2 atom stereocenters. The second-order valence-electron chi connectivity index (χ2n) is 5.57. The maximum absolute atomic E-state index is 6.08. The van der Waals surface area contributed by atoms with Gasteiger partial charge in [-0.05, 0) is 48.4 Å². The largest absolute Gasteiger partial charge is 0.373 e. The molecule has 0 radical (unpaired) electrons. The standard InChI is InChI=1S/C18H23NOS/c1-2-10-19-16(18-8-5-12-21-18)13-17-15-7-4-3-6-14(15)9-11-20-17/h3-8,12,16-17,19H,2,9-11,13H2,1H3. The van der Waals surface area contributed by atoms with E-state index in [1.54, 1.807) is 0 Å². The van der Waals surface area contributed by atoms with E-state index in [4.69, 9.17) is 4.74 Å². The van der Waals surface area contributed by atoms with E-state index >= 15 is 0 Å². The monoisotopic (exact) mass is 301 g/mol. The van der Waals surface area contributed by atoms with Gasteiger partial charge in [0, 0.05) is 10.9 Å². The van der Waals surface area contributed by atoms with Crippen LogP contribution in [0.2, 0.25) is 0 Å². The Kier molecular flexibility index (Phi) is 5.07. The highest BCUT2D eigenvalue weighted by molar-refractivity contribution is 7.10. The summed E-state index contributed by atoms with van der Waals surface area (Å²) >= 11 is 1.83. The lowest BCUT2D eigenvalue weighted by molar-refractivity contribution is 0.0295. The summed E-state index contributed by atoms with van der Waals surface area (Å²) in [5.74, 6) is 0. The first-order valence-electron chi connectivity index (χ1n) is 7.84. The third-order valence-electron chi connectivity index (χ3n) is 4.07. The average Bonchev–Trinajstić information content (AvgIpc) is 3.06. The fourth-order valence-corrected chi connectivity index (χ4v) is 3.81. The predicted octanol–water partition coefficient (Wildman–Crippen LogP) is 4.49. The van der Waals surface area contributed by atoms with Crippen molar-refractivity contribution in [3.63, 3.8) is 0 Å². The molecule has 1 aliphatic heterocycles. The van der Waals surface area contributed by atoms with Crippen molar-refractivity contribution in [3.8, 4) is 0 Å². The molecule has 2 aromatic rings. The fraction of sp³-hybridized carbons (Fsp3) is 0.444. The van der Waals surface area contributed by atoms with E-state index in [1.165, 1.54) is 16.0 Å². The molecule has 1 N–H and O–H groups in total. The predicted molar refractivity (Wildman–Crippen MR) is 88.8 cm³/mol. The molecule has 0 spiro atoms. The lowest BCUT2D eigenvalue weighted by Crippen LogP contribution is -2.26. The molecule has 0 saturated carbocycles. The van der Waals surface area contributed by atoms with Gasteiger partial charge in [-0.25, -0.2) is 0 Å². The highest BCUT2D eigenvalue weighted by atomic mass is 32.1. The molecule has 21 heavy (non-hydrogen) atoms. The van der Waals surface area contributed by atoms with Gasteiger partial charge in [-0.2, -0.15) is 0 Å². The number of rotatable bonds is 6. The number of hydrogen-bond donors (Lipinski definition) is 1. The SMILES string of the molecule is CCCNC(CC1OCCc2ccccc21)c1cccs1. The Morgan fingerprint density at radius 2 is 2.19 bits per heavy atom. The Hall–Kier alpha value is -1.16. The minimum atomic E-state index is 0.214. The molecular weight excluding hydrogens is 278 g/mol. The Morgan fingerprint density at radius 1 is 1.29 bits per heavy atom. The summed E-state index contributed by atoms with van der Waals surface area (Å²) in [5.41, 5.74) is 2.83. The molecule has 1 aromatic heterocycles. The summed E-state index contributed by atoms with van der Waals surface area (Å²) in [4.78, 5) is 1.41. The van der Waals surface area contributed by atoms with Crippen molar-refractivity contribution in [1.29, 1.82) is 0 Å². The van der Waals surface area contributed by atoms with Gasteiger partial charge in [0.15, 0.2) is 0 Å². The van der Waals surface area contributed by atoms with Crippen LogP contribution in [0.25, 0.3) is 0 Å². The Labute approximate surface area is 131 Å². The molecule has 0 amide bonds. The van der Waals surface area contributed by atoms with Crippen LogP contribution in [0, 0.1) is 0 Å². The normalized spacial score (nSPS) is 19.2. The van der Waals surface area contributed by atoms with Gasteiger partial charge in [-0.1, -0.05) is 37.3 Å². The summed E-state index contributed by atoms with van der Waals surface area (Å²) in [5, 5.41) is 5.84. The van der Waals surface area contributed by atoms with Crippen LogP contribution in [0.4, 0.5) is 0 Å². The minimum absolute atomic E-state index is 0.214. The number of ether oxygens (including phenoxy) is 1. The highest BCUT2D eigenvalue weighted by Crippen LogP contribution is 2.35. The molecule has 112 valence electrons. The summed E-state index contributed by atoms with van der Waals surface area (Å²) in [6.45, 7) is 4.11. The van der Waals surface area contributed by atoms with Crippen molar-refractivity contribution in [3.05, 3.63) is 57.8 Å². The molecule has 1 aliphatic rings. The van der Waals surface area contributed by atoms with Crippen LogP contribution in [0.5, 0.6) is 0 Å². The summed E-state index contributed by atoms with van der Waals surface area (Å²) in [7, 11) is 0. The van der Waals surface area contributed by atoms with E-state index in [2.05, 4.69) is 54.0 Å². The number of fused-ring (bicyclic) bond motifs is 1. The third kappa shape index (κ3) is 3.54. The maximum atomic E-state index is 6.08. The summed E-state index contributed by atoms with van der Waals surface area (Å²) in [6, 6.07) is 13.5. The van der Waals surface area contributed by atoms with Gasteiger partial charge in [-0.15, -0.1) is 11.3 Å². The van der Waals surface area contributed by atoms with Crippen LogP contribution in [-0.4, -0.2) is 13.2 Å². The first-order chi connectivity index (χ1) is 10.4. The number of nitrogens with one attached hydrogen (secondary N) is 1. The molecule has 0 bridgehead atoms. The van der Waals surface area contributed by atoms with Crippen LogP contribution in [0.1, 0.15) is 47.9 Å². The summed E-state index contributed by atoms with van der Waals surface area (Å²) in [6.07, 6.45) is 3.42. The molecule has 3 heteroatoms. The molecule has 0 saturated heterocycles. The van der Waals surface area contributed by atoms with Crippen LogP contribution in [0.3, 0.4) is 0 Å². The van der Waals surface area contributed by atoms with Crippen molar-refractivity contribution in [2.24, 2.45) is 0 Å². The smallest absolute Gasteiger partial charge is 0.0846 e. The van der Waals surface area contributed by atoms with E-state index in [9.17, 15) is 0 Å². The molecule has 0 aliphatic carbocycles. The zero-order valence-corrected chi connectivity index (χ0v) is 13.4. The van der Waals surface area contributed by atoms with Gasteiger partial charge in [0.05, 0.1) is 12.7 Å². The van der Waals surface area contributed by atoms with Gasteiger partial charge in [0.1, 0.15) is 0 Å². The third-order valence-corrected chi connectivity index (χ3v) is 5.06.